The van der Waals surface area contributed by atoms with Crippen LogP contribution >= 0.6 is 0 Å². The second-order valence-corrected chi connectivity index (χ2v) is 5.26. The zero-order valence-corrected chi connectivity index (χ0v) is 12.5. The van der Waals surface area contributed by atoms with Crippen LogP contribution in [-0.4, -0.2) is 45.2 Å². The van der Waals surface area contributed by atoms with Gasteiger partial charge < -0.3 is 19.9 Å². The van der Waals surface area contributed by atoms with Crippen LogP contribution < -0.4 is 15.0 Å². The second-order valence-electron chi connectivity index (χ2n) is 5.26. The number of benzene rings is 1. The molecule has 0 atom stereocenters. The van der Waals surface area contributed by atoms with Gasteiger partial charge in [0.15, 0.2) is 0 Å². The fourth-order valence-corrected chi connectivity index (χ4v) is 2.37. The van der Waals surface area contributed by atoms with E-state index in [4.69, 9.17) is 4.74 Å². The normalized spacial score (nSPS) is 14.8. The first-order chi connectivity index (χ1) is 9.61. The van der Waals surface area contributed by atoms with Crippen molar-refractivity contribution in [3.05, 3.63) is 18.2 Å². The smallest absolute Gasteiger partial charge is 0.321 e. The van der Waals surface area contributed by atoms with Gasteiger partial charge in [0.2, 0.25) is 0 Å². The number of carbonyl (C=O) groups excluding carboxylic acids is 1. The van der Waals surface area contributed by atoms with Crippen LogP contribution in [0.2, 0.25) is 0 Å². The molecule has 1 saturated heterocycles. The Hall–Kier alpha value is -1.91. The molecule has 5 nitrogen and oxygen atoms in total. The molecule has 0 saturated carbocycles. The van der Waals surface area contributed by atoms with Crippen LogP contribution in [0, 0.1) is 0 Å². The number of hydrogen-bond donors (Lipinski definition) is 1. The summed E-state index contributed by atoms with van der Waals surface area (Å²) in [5.74, 6) is 0.681. The first kappa shape index (κ1) is 14.5. The summed E-state index contributed by atoms with van der Waals surface area (Å²) < 4.78 is 5.32. The summed E-state index contributed by atoms with van der Waals surface area (Å²) in [4.78, 5) is 15.7. The van der Waals surface area contributed by atoms with Crippen molar-refractivity contribution in [3.63, 3.8) is 0 Å². The first-order valence-electron chi connectivity index (χ1n) is 7.03. The lowest BCUT2D eigenvalue weighted by atomic mass is 10.1. The molecule has 1 aliphatic heterocycles. The number of anilines is 2. The van der Waals surface area contributed by atoms with Crippen molar-refractivity contribution >= 4 is 17.4 Å². The van der Waals surface area contributed by atoms with Gasteiger partial charge in [0.1, 0.15) is 5.75 Å². The summed E-state index contributed by atoms with van der Waals surface area (Å²) in [6.07, 6.45) is 3.76. The maximum atomic E-state index is 11.8. The Morgan fingerprint density at radius 1 is 1.25 bits per heavy atom. The minimum Gasteiger partial charge on any atom is -0.495 e. The fourth-order valence-electron chi connectivity index (χ4n) is 2.37. The number of rotatable bonds is 3. The standard InChI is InChI=1S/C15H23N3O2/c1-17(2)15(19)16-13-11-12(7-8-14(13)20-3)18-9-5-4-6-10-18/h7-8,11H,4-6,9-10H2,1-3H3,(H,16,19). The molecule has 0 bridgehead atoms. The Bertz CT molecular complexity index is 468. The number of methoxy groups -OCH3 is 1. The number of ether oxygens (including phenoxy) is 1. The summed E-state index contributed by atoms with van der Waals surface area (Å²) in [5.41, 5.74) is 1.86. The number of carbonyl (C=O) groups is 1. The summed E-state index contributed by atoms with van der Waals surface area (Å²) >= 11 is 0. The summed E-state index contributed by atoms with van der Waals surface area (Å²) in [7, 11) is 5.05. The predicted octanol–water partition coefficient (Wildman–Crippen LogP) is 2.78. The van der Waals surface area contributed by atoms with Crippen LogP contribution in [0.3, 0.4) is 0 Å². The van der Waals surface area contributed by atoms with Crippen molar-refractivity contribution in [2.75, 3.05) is 44.5 Å². The van der Waals surface area contributed by atoms with Gasteiger partial charge in [-0.05, 0) is 37.5 Å². The predicted molar refractivity (Wildman–Crippen MR) is 81.8 cm³/mol. The van der Waals surface area contributed by atoms with E-state index in [2.05, 4.69) is 16.3 Å². The largest absolute Gasteiger partial charge is 0.495 e. The van der Waals surface area contributed by atoms with Gasteiger partial charge in [0.25, 0.3) is 0 Å². The highest BCUT2D eigenvalue weighted by atomic mass is 16.5. The molecule has 0 unspecified atom stereocenters. The topological polar surface area (TPSA) is 44.8 Å². The molecule has 1 fully saturated rings. The molecule has 2 rings (SSSR count). The van der Waals surface area contributed by atoms with E-state index in [1.165, 1.54) is 24.2 Å². The van der Waals surface area contributed by atoms with Gasteiger partial charge in [0, 0.05) is 32.9 Å². The third-order valence-electron chi connectivity index (χ3n) is 3.55. The molecule has 1 heterocycles. The van der Waals surface area contributed by atoms with Gasteiger partial charge in [-0.15, -0.1) is 0 Å². The molecule has 1 aromatic carbocycles. The van der Waals surface area contributed by atoms with Crippen LogP contribution in [0.5, 0.6) is 5.75 Å². The molecular formula is C15H23N3O2. The van der Waals surface area contributed by atoms with Crippen LogP contribution in [0.25, 0.3) is 0 Å². The third kappa shape index (κ3) is 3.35. The number of hydrogen-bond acceptors (Lipinski definition) is 3. The van der Waals surface area contributed by atoms with Crippen molar-refractivity contribution in [1.29, 1.82) is 0 Å². The summed E-state index contributed by atoms with van der Waals surface area (Å²) in [6, 6.07) is 5.80. The Balaban J connectivity index is 2.21. The Morgan fingerprint density at radius 2 is 1.95 bits per heavy atom. The van der Waals surface area contributed by atoms with Crippen LogP contribution in [0.15, 0.2) is 18.2 Å². The zero-order chi connectivity index (χ0) is 14.5. The highest BCUT2D eigenvalue weighted by molar-refractivity contribution is 5.91. The Labute approximate surface area is 120 Å². The maximum absolute atomic E-state index is 11.8. The van der Waals surface area contributed by atoms with Gasteiger partial charge in [-0.1, -0.05) is 0 Å². The van der Waals surface area contributed by atoms with Gasteiger partial charge in [-0.25, -0.2) is 4.79 Å². The van der Waals surface area contributed by atoms with Gasteiger partial charge >= 0.3 is 6.03 Å². The van der Waals surface area contributed by atoms with Crippen molar-refractivity contribution in [1.82, 2.24) is 4.90 Å². The van der Waals surface area contributed by atoms with E-state index in [1.54, 1.807) is 21.2 Å². The molecule has 0 radical (unpaired) electrons. The van der Waals surface area contributed by atoms with Crippen LogP contribution in [-0.2, 0) is 0 Å². The lowest BCUT2D eigenvalue weighted by Crippen LogP contribution is -2.30. The lowest BCUT2D eigenvalue weighted by molar-refractivity contribution is 0.230. The van der Waals surface area contributed by atoms with E-state index in [1.807, 2.05) is 12.1 Å². The van der Waals surface area contributed by atoms with Crippen molar-refractivity contribution in [2.45, 2.75) is 19.3 Å². The number of nitrogens with one attached hydrogen (secondary N) is 1. The highest BCUT2D eigenvalue weighted by Crippen LogP contribution is 2.31. The Kier molecular flexibility index (Phi) is 4.71. The average Bonchev–Trinajstić information content (AvgIpc) is 2.48. The summed E-state index contributed by atoms with van der Waals surface area (Å²) in [6.45, 7) is 2.15. The summed E-state index contributed by atoms with van der Waals surface area (Å²) in [5, 5.41) is 2.88. The molecule has 0 aromatic heterocycles. The van der Waals surface area contributed by atoms with Crippen molar-refractivity contribution in [2.24, 2.45) is 0 Å². The lowest BCUT2D eigenvalue weighted by Gasteiger charge is -2.29. The van der Waals surface area contributed by atoms with E-state index in [0.717, 1.165) is 18.8 Å². The second kappa shape index (κ2) is 6.50. The first-order valence-corrected chi connectivity index (χ1v) is 7.03. The minimum absolute atomic E-state index is 0.154. The van der Waals surface area contributed by atoms with E-state index in [0.29, 0.717) is 11.4 Å². The quantitative estimate of drug-likeness (QED) is 0.924. The zero-order valence-electron chi connectivity index (χ0n) is 12.5. The molecule has 0 spiro atoms. The molecule has 2 amide bonds. The molecule has 0 aliphatic carbocycles. The monoisotopic (exact) mass is 277 g/mol. The average molecular weight is 277 g/mol. The minimum atomic E-state index is -0.154. The van der Waals surface area contributed by atoms with Gasteiger partial charge in [-0.2, -0.15) is 0 Å². The number of urea groups is 1. The molecule has 1 aromatic rings. The van der Waals surface area contributed by atoms with Gasteiger partial charge in [-0.3, -0.25) is 0 Å². The molecule has 110 valence electrons. The molecule has 20 heavy (non-hydrogen) atoms. The van der Waals surface area contributed by atoms with Gasteiger partial charge in [0.05, 0.1) is 12.8 Å². The van der Waals surface area contributed by atoms with Crippen molar-refractivity contribution < 1.29 is 9.53 Å². The maximum Gasteiger partial charge on any atom is 0.321 e. The molecule has 5 heteroatoms. The van der Waals surface area contributed by atoms with E-state index >= 15 is 0 Å². The van der Waals surface area contributed by atoms with Crippen LogP contribution in [0.1, 0.15) is 19.3 Å². The SMILES string of the molecule is COc1ccc(N2CCCCC2)cc1NC(=O)N(C)C. The number of amides is 2. The van der Waals surface area contributed by atoms with Crippen molar-refractivity contribution in [3.8, 4) is 5.75 Å². The fraction of sp³-hybridized carbons (Fsp3) is 0.533. The highest BCUT2D eigenvalue weighted by Gasteiger charge is 2.15. The molecule has 1 N–H and O–H groups in total. The van der Waals surface area contributed by atoms with E-state index in [-0.39, 0.29) is 6.03 Å². The van der Waals surface area contributed by atoms with E-state index < -0.39 is 0 Å². The third-order valence-corrected chi connectivity index (χ3v) is 3.55. The van der Waals surface area contributed by atoms with E-state index in [9.17, 15) is 4.79 Å². The Morgan fingerprint density at radius 3 is 2.55 bits per heavy atom. The molecule has 1 aliphatic rings. The number of piperidine rings is 1. The number of nitrogens with zero attached hydrogens (tertiary/aromatic N) is 2. The van der Waals surface area contributed by atoms with Crippen LogP contribution in [0.4, 0.5) is 16.2 Å². The molecular weight excluding hydrogens is 254 g/mol.